The Labute approximate surface area is 162 Å². The lowest BCUT2D eigenvalue weighted by Gasteiger charge is -2.24. The molecule has 0 bridgehead atoms. The zero-order chi connectivity index (χ0) is 17.8. The van der Waals surface area contributed by atoms with Crippen molar-refractivity contribution >= 4 is 35.1 Å². The Hall–Kier alpha value is -2.30. The summed E-state index contributed by atoms with van der Waals surface area (Å²) in [4.78, 5) is 16.7. The van der Waals surface area contributed by atoms with Crippen molar-refractivity contribution in [1.82, 2.24) is 4.90 Å². The first-order valence-corrected chi connectivity index (χ1v) is 10.5. The first-order valence-electron chi connectivity index (χ1n) is 8.62. The molecule has 26 heavy (non-hydrogen) atoms. The Kier molecular flexibility index (Phi) is 5.23. The molecule has 0 radical (unpaired) electrons. The summed E-state index contributed by atoms with van der Waals surface area (Å²) >= 11 is 3.45. The van der Waals surface area contributed by atoms with Gasteiger partial charge in [-0.25, -0.2) is 0 Å². The van der Waals surface area contributed by atoms with Crippen LogP contribution in [-0.2, 0) is 4.79 Å². The molecule has 2 aromatic carbocycles. The molecule has 1 saturated heterocycles. The molecule has 0 aliphatic carbocycles. The number of rotatable bonds is 4. The van der Waals surface area contributed by atoms with Crippen molar-refractivity contribution in [2.24, 2.45) is 0 Å². The van der Waals surface area contributed by atoms with Crippen molar-refractivity contribution in [1.29, 1.82) is 0 Å². The highest BCUT2D eigenvalue weighted by Gasteiger charge is 2.32. The maximum atomic E-state index is 13.6. The first-order chi connectivity index (χ1) is 12.8. The maximum Gasteiger partial charge on any atom is 0.239 e. The summed E-state index contributed by atoms with van der Waals surface area (Å²) < 4.78 is 0. The zero-order valence-electron chi connectivity index (χ0n) is 14.2. The topological polar surface area (TPSA) is 20.3 Å². The number of hydrogen-bond acceptors (Lipinski definition) is 3. The average Bonchev–Trinajstić information content (AvgIpc) is 3.36. The normalized spacial score (nSPS) is 15.7. The Morgan fingerprint density at radius 2 is 1.58 bits per heavy atom. The largest absolute Gasteiger partial charge is 0.305 e. The van der Waals surface area contributed by atoms with E-state index >= 15 is 0 Å². The summed E-state index contributed by atoms with van der Waals surface area (Å²) in [6.07, 6.45) is 2.13. The second kappa shape index (κ2) is 7.94. The van der Waals surface area contributed by atoms with Crippen LogP contribution in [0.5, 0.6) is 0 Å². The predicted molar refractivity (Wildman–Crippen MR) is 111 cm³/mol. The van der Waals surface area contributed by atoms with Crippen molar-refractivity contribution in [3.05, 3.63) is 99.2 Å². The van der Waals surface area contributed by atoms with Crippen molar-refractivity contribution in [3.8, 4) is 0 Å². The minimum Gasteiger partial charge on any atom is -0.305 e. The molecule has 1 aliphatic rings. The second-order valence-corrected chi connectivity index (χ2v) is 8.19. The highest BCUT2D eigenvalue weighted by molar-refractivity contribution is 8.03. The van der Waals surface area contributed by atoms with E-state index in [9.17, 15) is 4.79 Å². The Morgan fingerprint density at radius 1 is 0.923 bits per heavy atom. The van der Waals surface area contributed by atoms with Gasteiger partial charge in [0.2, 0.25) is 5.91 Å². The molecule has 4 rings (SSSR count). The van der Waals surface area contributed by atoms with Gasteiger partial charge in [-0.2, -0.15) is 0 Å². The van der Waals surface area contributed by atoms with Crippen LogP contribution in [0.2, 0.25) is 0 Å². The third-order valence-corrected chi connectivity index (χ3v) is 6.26. The number of amides is 1. The molecule has 1 aliphatic heterocycles. The number of benzene rings is 2. The van der Waals surface area contributed by atoms with Crippen LogP contribution < -0.4 is 0 Å². The van der Waals surface area contributed by atoms with Crippen LogP contribution in [0.4, 0.5) is 0 Å². The molecule has 0 N–H and O–H groups in total. The van der Waals surface area contributed by atoms with Crippen molar-refractivity contribution < 1.29 is 4.79 Å². The molecule has 0 unspecified atom stereocenters. The molecule has 1 aromatic heterocycles. The standard InChI is InChI=1S/C22H19NOS2/c24-22(23-13-15-26-20(23)16-19-12-7-14-25-19)21(17-8-3-1-4-9-17)18-10-5-2-6-11-18/h1-12,14,16,21H,13,15H2/b20-16+. The highest BCUT2D eigenvalue weighted by atomic mass is 32.2. The van der Waals surface area contributed by atoms with E-state index in [0.717, 1.165) is 28.5 Å². The highest BCUT2D eigenvalue weighted by Crippen LogP contribution is 2.35. The quantitative estimate of drug-likeness (QED) is 0.602. The Balaban J connectivity index is 1.70. The molecular formula is C22H19NOS2. The SMILES string of the molecule is O=C(C(c1ccccc1)c1ccccc1)N1CCS/C1=C/c1cccs1. The number of carbonyl (C=O) groups is 1. The van der Waals surface area contributed by atoms with Crippen LogP contribution in [0.15, 0.2) is 83.2 Å². The van der Waals surface area contributed by atoms with Crippen molar-refractivity contribution in [2.45, 2.75) is 5.92 Å². The summed E-state index contributed by atoms with van der Waals surface area (Å²) in [5, 5.41) is 3.11. The van der Waals surface area contributed by atoms with Gasteiger partial charge in [0.15, 0.2) is 0 Å². The molecule has 4 heteroatoms. The smallest absolute Gasteiger partial charge is 0.239 e. The number of hydrogen-bond donors (Lipinski definition) is 0. The number of thiophene rings is 1. The lowest BCUT2D eigenvalue weighted by Crippen LogP contribution is -2.32. The summed E-state index contributed by atoms with van der Waals surface area (Å²) in [6.45, 7) is 0.761. The summed E-state index contributed by atoms with van der Waals surface area (Å²) in [5.41, 5.74) is 2.08. The van der Waals surface area contributed by atoms with E-state index in [1.807, 2.05) is 71.6 Å². The summed E-state index contributed by atoms with van der Waals surface area (Å²) in [7, 11) is 0. The minimum absolute atomic E-state index is 0.148. The molecule has 1 amide bonds. The lowest BCUT2D eigenvalue weighted by atomic mass is 9.90. The molecule has 2 nitrogen and oxygen atoms in total. The zero-order valence-corrected chi connectivity index (χ0v) is 15.9. The average molecular weight is 378 g/mol. The van der Waals surface area contributed by atoms with Gasteiger partial charge in [-0.15, -0.1) is 23.1 Å². The predicted octanol–water partition coefficient (Wildman–Crippen LogP) is 5.45. The van der Waals surface area contributed by atoms with Gasteiger partial charge < -0.3 is 4.90 Å². The van der Waals surface area contributed by atoms with Gasteiger partial charge in [-0.3, -0.25) is 4.79 Å². The molecule has 1 fully saturated rings. The van der Waals surface area contributed by atoms with E-state index in [1.165, 1.54) is 4.88 Å². The number of thioether (sulfide) groups is 1. The van der Waals surface area contributed by atoms with Crippen LogP contribution in [0.25, 0.3) is 6.08 Å². The van der Waals surface area contributed by atoms with Gasteiger partial charge in [0.25, 0.3) is 0 Å². The van der Waals surface area contributed by atoms with Gasteiger partial charge in [-0.1, -0.05) is 66.7 Å². The number of carbonyl (C=O) groups excluding carboxylic acids is 1. The molecule has 2 heterocycles. The van der Waals surface area contributed by atoms with E-state index in [-0.39, 0.29) is 11.8 Å². The molecule has 0 saturated carbocycles. The van der Waals surface area contributed by atoms with Crippen LogP contribution in [0, 0.1) is 0 Å². The van der Waals surface area contributed by atoms with Crippen molar-refractivity contribution in [2.75, 3.05) is 12.3 Å². The third-order valence-electron chi connectivity index (χ3n) is 4.42. The molecule has 0 spiro atoms. The fraction of sp³-hybridized carbons (Fsp3) is 0.136. The van der Waals surface area contributed by atoms with Crippen molar-refractivity contribution in [3.63, 3.8) is 0 Å². The lowest BCUT2D eigenvalue weighted by molar-refractivity contribution is -0.129. The van der Waals surface area contributed by atoms with E-state index in [2.05, 4.69) is 17.5 Å². The fourth-order valence-electron chi connectivity index (χ4n) is 3.19. The van der Waals surface area contributed by atoms with E-state index in [1.54, 1.807) is 23.1 Å². The molecule has 3 aromatic rings. The van der Waals surface area contributed by atoms with Crippen LogP contribution in [0.3, 0.4) is 0 Å². The molecular weight excluding hydrogens is 358 g/mol. The van der Waals surface area contributed by atoms with Gasteiger partial charge in [0.05, 0.1) is 10.9 Å². The monoisotopic (exact) mass is 377 g/mol. The van der Waals surface area contributed by atoms with E-state index in [0.29, 0.717) is 0 Å². The summed E-state index contributed by atoms with van der Waals surface area (Å²) in [6, 6.07) is 24.3. The second-order valence-electron chi connectivity index (χ2n) is 6.09. The van der Waals surface area contributed by atoms with Crippen LogP contribution in [0.1, 0.15) is 21.9 Å². The van der Waals surface area contributed by atoms with E-state index in [4.69, 9.17) is 0 Å². The first kappa shape index (κ1) is 17.1. The Morgan fingerprint density at radius 3 is 2.15 bits per heavy atom. The van der Waals surface area contributed by atoms with E-state index < -0.39 is 0 Å². The van der Waals surface area contributed by atoms with Crippen LogP contribution >= 0.6 is 23.1 Å². The molecule has 0 atom stereocenters. The third kappa shape index (κ3) is 3.62. The Bertz CT molecular complexity index is 849. The van der Waals surface area contributed by atoms with Gasteiger partial charge in [0, 0.05) is 17.2 Å². The summed E-state index contributed by atoms with van der Waals surface area (Å²) in [5.74, 6) is 0.817. The molecule has 130 valence electrons. The van der Waals surface area contributed by atoms with Gasteiger partial charge in [0.1, 0.15) is 0 Å². The van der Waals surface area contributed by atoms with Gasteiger partial charge in [-0.05, 0) is 28.6 Å². The maximum absolute atomic E-state index is 13.6. The minimum atomic E-state index is -0.275. The number of nitrogens with zero attached hydrogens (tertiary/aromatic N) is 1. The van der Waals surface area contributed by atoms with Gasteiger partial charge >= 0.3 is 0 Å². The fourth-order valence-corrected chi connectivity index (χ4v) is 4.94. The van der Waals surface area contributed by atoms with Crippen LogP contribution in [-0.4, -0.2) is 23.1 Å².